The molecular formula is C25H23NO2. The Morgan fingerprint density at radius 1 is 0.929 bits per heavy atom. The maximum absolute atomic E-state index is 13.4. The van der Waals surface area contributed by atoms with Gasteiger partial charge in [-0.25, -0.2) is 0 Å². The quantitative estimate of drug-likeness (QED) is 0.664. The molecule has 0 unspecified atom stereocenters. The van der Waals surface area contributed by atoms with E-state index in [0.717, 1.165) is 29.7 Å². The van der Waals surface area contributed by atoms with Crippen molar-refractivity contribution in [3.05, 3.63) is 101 Å². The third-order valence-electron chi connectivity index (χ3n) is 6.18. The highest BCUT2D eigenvalue weighted by Crippen LogP contribution is 2.46. The first-order valence-electron chi connectivity index (χ1n) is 9.87. The fraction of sp³-hybridized carbons (Fsp3) is 0.240. The Hall–Kier alpha value is -3.07. The minimum absolute atomic E-state index is 0.145. The van der Waals surface area contributed by atoms with Crippen LogP contribution in [0.25, 0.3) is 0 Å². The van der Waals surface area contributed by atoms with Crippen LogP contribution in [0.3, 0.4) is 0 Å². The van der Waals surface area contributed by atoms with Gasteiger partial charge in [0.25, 0.3) is 5.91 Å². The van der Waals surface area contributed by atoms with Crippen LogP contribution in [0.2, 0.25) is 0 Å². The zero-order chi connectivity index (χ0) is 19.1. The molecule has 0 saturated carbocycles. The second-order valence-corrected chi connectivity index (χ2v) is 7.62. The van der Waals surface area contributed by atoms with Crippen molar-refractivity contribution in [2.45, 2.75) is 31.3 Å². The predicted octanol–water partition coefficient (Wildman–Crippen LogP) is 4.80. The van der Waals surface area contributed by atoms with Crippen molar-refractivity contribution in [2.75, 3.05) is 7.11 Å². The van der Waals surface area contributed by atoms with Crippen molar-refractivity contribution in [2.24, 2.45) is 0 Å². The van der Waals surface area contributed by atoms with E-state index in [2.05, 4.69) is 35.2 Å². The van der Waals surface area contributed by atoms with E-state index in [-0.39, 0.29) is 17.9 Å². The first-order valence-corrected chi connectivity index (χ1v) is 9.87. The minimum atomic E-state index is 0.145. The third kappa shape index (κ3) is 2.62. The largest absolute Gasteiger partial charge is 0.496 e. The molecule has 1 aliphatic heterocycles. The number of carbonyl (C=O) groups is 1. The van der Waals surface area contributed by atoms with Crippen molar-refractivity contribution in [1.29, 1.82) is 0 Å². The number of rotatable bonds is 3. The average Bonchev–Trinajstić information content (AvgIpc) is 2.76. The van der Waals surface area contributed by atoms with Crippen LogP contribution >= 0.6 is 0 Å². The van der Waals surface area contributed by atoms with Gasteiger partial charge in [-0.1, -0.05) is 60.7 Å². The number of hydrogen-bond acceptors (Lipinski definition) is 2. The standard InChI is InChI=1S/C25H23NO2/c1-28-23-13-7-12-19-18(23)14-15-22-24(19)20-10-5-6-11-21(20)25(27)26(22)16-17-8-3-2-4-9-17/h2-13,22,24H,14-16H2,1H3/t22-,24+/m1/s1. The lowest BCUT2D eigenvalue weighted by Crippen LogP contribution is -2.49. The lowest BCUT2D eigenvalue weighted by atomic mass is 9.71. The zero-order valence-corrected chi connectivity index (χ0v) is 16.0. The molecule has 5 rings (SSSR count). The molecule has 3 nitrogen and oxygen atoms in total. The summed E-state index contributed by atoms with van der Waals surface area (Å²) in [6, 6.07) is 24.9. The summed E-state index contributed by atoms with van der Waals surface area (Å²) in [6.07, 6.45) is 1.88. The van der Waals surface area contributed by atoms with Crippen LogP contribution in [-0.4, -0.2) is 24.0 Å². The van der Waals surface area contributed by atoms with E-state index in [1.54, 1.807) is 7.11 Å². The molecule has 0 bridgehead atoms. The Labute approximate surface area is 165 Å². The SMILES string of the molecule is COc1cccc2c1CC[C@@H]1[C@@H]2c2ccccc2C(=O)N1Cc1ccccc1. The van der Waals surface area contributed by atoms with Gasteiger partial charge in [0.05, 0.1) is 7.11 Å². The molecule has 0 spiro atoms. The summed E-state index contributed by atoms with van der Waals surface area (Å²) in [5, 5.41) is 0. The Morgan fingerprint density at radius 3 is 2.50 bits per heavy atom. The molecule has 1 amide bonds. The summed E-state index contributed by atoms with van der Waals surface area (Å²) in [5.41, 5.74) is 5.74. The Morgan fingerprint density at radius 2 is 1.68 bits per heavy atom. The fourth-order valence-electron chi connectivity index (χ4n) is 4.95. The first kappa shape index (κ1) is 17.1. The number of benzene rings is 3. The first-order chi connectivity index (χ1) is 13.8. The van der Waals surface area contributed by atoms with E-state index < -0.39 is 0 Å². The second kappa shape index (κ2) is 6.83. The average molecular weight is 369 g/mol. The minimum Gasteiger partial charge on any atom is -0.496 e. The van der Waals surface area contributed by atoms with Crippen molar-refractivity contribution in [3.8, 4) is 5.75 Å². The van der Waals surface area contributed by atoms with Crippen molar-refractivity contribution in [1.82, 2.24) is 4.90 Å². The topological polar surface area (TPSA) is 29.5 Å². The van der Waals surface area contributed by atoms with Gasteiger partial charge in [-0.2, -0.15) is 0 Å². The summed E-state index contributed by atoms with van der Waals surface area (Å²) in [4.78, 5) is 15.5. The maximum atomic E-state index is 13.4. The number of carbonyl (C=O) groups excluding carboxylic acids is 1. The molecule has 1 aliphatic carbocycles. The summed E-state index contributed by atoms with van der Waals surface area (Å²) in [5.74, 6) is 1.29. The van der Waals surface area contributed by atoms with Gasteiger partial charge in [0.1, 0.15) is 5.75 Å². The van der Waals surface area contributed by atoms with E-state index in [1.165, 1.54) is 16.7 Å². The number of hydrogen-bond donors (Lipinski definition) is 0. The number of methoxy groups -OCH3 is 1. The van der Waals surface area contributed by atoms with Crippen LogP contribution in [0.15, 0.2) is 72.8 Å². The number of amides is 1. The molecule has 1 heterocycles. The molecule has 28 heavy (non-hydrogen) atoms. The number of fused-ring (bicyclic) bond motifs is 5. The molecular weight excluding hydrogens is 346 g/mol. The fourth-order valence-corrected chi connectivity index (χ4v) is 4.95. The van der Waals surface area contributed by atoms with Gasteiger partial charge in [-0.15, -0.1) is 0 Å². The highest BCUT2D eigenvalue weighted by atomic mass is 16.5. The summed E-state index contributed by atoms with van der Waals surface area (Å²) >= 11 is 0. The Bertz CT molecular complexity index is 1030. The maximum Gasteiger partial charge on any atom is 0.254 e. The third-order valence-corrected chi connectivity index (χ3v) is 6.18. The summed E-state index contributed by atoms with van der Waals surface area (Å²) in [7, 11) is 1.74. The van der Waals surface area contributed by atoms with Crippen molar-refractivity contribution in [3.63, 3.8) is 0 Å². The van der Waals surface area contributed by atoms with Gasteiger partial charge < -0.3 is 9.64 Å². The summed E-state index contributed by atoms with van der Waals surface area (Å²) < 4.78 is 5.64. The van der Waals surface area contributed by atoms with Crippen LogP contribution in [0.5, 0.6) is 5.75 Å². The highest BCUT2D eigenvalue weighted by Gasteiger charge is 2.43. The molecule has 0 aromatic heterocycles. The lowest BCUT2D eigenvalue weighted by molar-refractivity contribution is 0.0586. The molecule has 0 fully saturated rings. The van der Waals surface area contributed by atoms with Gasteiger partial charge in [0.15, 0.2) is 0 Å². The van der Waals surface area contributed by atoms with Gasteiger partial charge >= 0.3 is 0 Å². The molecule has 0 radical (unpaired) electrons. The normalized spacial score (nSPS) is 20.2. The van der Waals surface area contributed by atoms with E-state index in [0.29, 0.717) is 6.54 Å². The van der Waals surface area contributed by atoms with E-state index in [9.17, 15) is 4.79 Å². The molecule has 0 saturated heterocycles. The van der Waals surface area contributed by atoms with Crippen molar-refractivity contribution < 1.29 is 9.53 Å². The smallest absolute Gasteiger partial charge is 0.254 e. The predicted molar refractivity (Wildman–Crippen MR) is 110 cm³/mol. The highest BCUT2D eigenvalue weighted by molar-refractivity contribution is 5.98. The molecule has 3 aromatic rings. The van der Waals surface area contributed by atoms with Crippen LogP contribution in [0.4, 0.5) is 0 Å². The van der Waals surface area contributed by atoms with E-state index in [1.807, 2.05) is 42.5 Å². The second-order valence-electron chi connectivity index (χ2n) is 7.62. The zero-order valence-electron chi connectivity index (χ0n) is 16.0. The molecule has 0 N–H and O–H groups in total. The molecule has 2 atom stereocenters. The Balaban J connectivity index is 1.65. The van der Waals surface area contributed by atoms with Gasteiger partial charge in [-0.3, -0.25) is 4.79 Å². The van der Waals surface area contributed by atoms with Crippen LogP contribution < -0.4 is 4.74 Å². The van der Waals surface area contributed by atoms with Crippen LogP contribution in [0, 0.1) is 0 Å². The van der Waals surface area contributed by atoms with Crippen molar-refractivity contribution >= 4 is 5.91 Å². The van der Waals surface area contributed by atoms with E-state index >= 15 is 0 Å². The van der Waals surface area contributed by atoms with Gasteiger partial charge in [-0.05, 0) is 47.2 Å². The van der Waals surface area contributed by atoms with Crippen LogP contribution in [-0.2, 0) is 13.0 Å². The monoisotopic (exact) mass is 369 g/mol. The summed E-state index contributed by atoms with van der Waals surface area (Å²) in [6.45, 7) is 0.647. The number of ether oxygens (including phenoxy) is 1. The number of nitrogens with zero attached hydrogens (tertiary/aromatic N) is 1. The van der Waals surface area contributed by atoms with Crippen LogP contribution in [0.1, 0.15) is 45.0 Å². The molecule has 3 aromatic carbocycles. The molecule has 3 heteroatoms. The lowest BCUT2D eigenvalue weighted by Gasteiger charge is -2.45. The molecule has 2 aliphatic rings. The van der Waals surface area contributed by atoms with E-state index in [4.69, 9.17) is 4.74 Å². The van der Waals surface area contributed by atoms with Gasteiger partial charge in [0.2, 0.25) is 0 Å². The van der Waals surface area contributed by atoms with Gasteiger partial charge in [0, 0.05) is 24.1 Å². The molecule has 140 valence electrons. The Kier molecular flexibility index (Phi) is 4.16.